The first kappa shape index (κ1) is 16.5. The Kier molecular flexibility index (Phi) is 4.50. The summed E-state index contributed by atoms with van der Waals surface area (Å²) in [5.41, 5.74) is 3.99. The fraction of sp³-hybridized carbons (Fsp3) is 0.0455. The maximum absolute atomic E-state index is 11.8. The van der Waals surface area contributed by atoms with Gasteiger partial charge in [-0.3, -0.25) is 0 Å². The monoisotopic (exact) mass is 359 g/mol. The third-order valence-electron chi connectivity index (χ3n) is 4.31. The van der Waals surface area contributed by atoms with E-state index in [1.807, 2.05) is 65.3 Å². The Morgan fingerprint density at radius 1 is 0.923 bits per heavy atom. The van der Waals surface area contributed by atoms with Gasteiger partial charge < -0.3 is 9.51 Å². The van der Waals surface area contributed by atoms with Gasteiger partial charge >= 0.3 is 5.97 Å². The molecule has 0 atom stereocenters. The Morgan fingerprint density at radius 3 is 2.38 bits per heavy atom. The third-order valence-corrected chi connectivity index (χ3v) is 5.39. The largest absolute Gasteiger partial charge is 0.478 e. The number of carboxylic acid groups (broad SMARTS) is 1. The summed E-state index contributed by atoms with van der Waals surface area (Å²) in [7, 11) is 0. The van der Waals surface area contributed by atoms with Gasteiger partial charge in [-0.1, -0.05) is 48.5 Å². The minimum atomic E-state index is -0.906. The van der Waals surface area contributed by atoms with E-state index in [1.165, 1.54) is 10.5 Å². The van der Waals surface area contributed by atoms with Crippen molar-refractivity contribution in [2.45, 2.75) is 10.6 Å². The van der Waals surface area contributed by atoms with Gasteiger partial charge in [-0.05, 0) is 35.4 Å². The van der Waals surface area contributed by atoms with Crippen LogP contribution < -0.4 is 0 Å². The fourth-order valence-electron chi connectivity index (χ4n) is 3.04. The minimum Gasteiger partial charge on any atom is -0.478 e. The van der Waals surface area contributed by atoms with Gasteiger partial charge in [-0.15, -0.1) is 11.8 Å². The van der Waals surface area contributed by atoms with Crippen LogP contribution in [0.5, 0.6) is 0 Å². The van der Waals surface area contributed by atoms with E-state index < -0.39 is 5.97 Å². The normalized spacial score (nSPS) is 10.9. The molecular weight excluding hydrogens is 342 g/mol. The van der Waals surface area contributed by atoms with Gasteiger partial charge in [-0.25, -0.2) is 4.79 Å². The average molecular weight is 359 g/mol. The molecule has 0 spiro atoms. The van der Waals surface area contributed by atoms with Gasteiger partial charge in [0, 0.05) is 28.6 Å². The number of aromatic nitrogens is 1. The van der Waals surface area contributed by atoms with Crippen molar-refractivity contribution in [2.75, 3.05) is 0 Å². The molecule has 0 unspecified atom stereocenters. The quantitative estimate of drug-likeness (QED) is 0.472. The second-order valence-electron chi connectivity index (χ2n) is 6.01. The lowest BCUT2D eigenvalue weighted by molar-refractivity contribution is 0.0700. The summed E-state index contributed by atoms with van der Waals surface area (Å²) in [5, 5.41) is 9.66. The predicted molar refractivity (Wildman–Crippen MR) is 106 cm³/mol. The molecule has 0 amide bonds. The lowest BCUT2D eigenvalue weighted by atomic mass is 10.0. The van der Waals surface area contributed by atoms with E-state index in [-0.39, 0.29) is 0 Å². The zero-order valence-corrected chi connectivity index (χ0v) is 14.8. The van der Waals surface area contributed by atoms with E-state index in [0.29, 0.717) is 11.1 Å². The molecule has 0 fully saturated rings. The molecule has 0 aliphatic carbocycles. The van der Waals surface area contributed by atoms with Crippen LogP contribution in [0.1, 0.15) is 15.9 Å². The molecule has 3 nitrogen and oxygen atoms in total. The van der Waals surface area contributed by atoms with Crippen molar-refractivity contribution in [2.24, 2.45) is 0 Å². The van der Waals surface area contributed by atoms with Gasteiger partial charge in [0.15, 0.2) is 0 Å². The highest BCUT2D eigenvalue weighted by Crippen LogP contribution is 2.31. The van der Waals surface area contributed by atoms with Crippen molar-refractivity contribution in [3.8, 4) is 11.1 Å². The second-order valence-corrected chi connectivity index (χ2v) is 7.06. The number of hydrogen-bond donors (Lipinski definition) is 1. The lowest BCUT2D eigenvalue weighted by Crippen LogP contribution is -1.97. The summed E-state index contributed by atoms with van der Waals surface area (Å²) in [6, 6.07) is 24.0. The molecule has 26 heavy (non-hydrogen) atoms. The predicted octanol–water partition coefficient (Wildman–Crippen LogP) is 5.60. The van der Waals surface area contributed by atoms with E-state index in [9.17, 15) is 9.90 Å². The number of aromatic carboxylic acids is 1. The van der Waals surface area contributed by atoms with Crippen LogP contribution in [0.15, 0.2) is 90.1 Å². The van der Waals surface area contributed by atoms with Crippen LogP contribution in [0, 0.1) is 0 Å². The first-order valence-electron chi connectivity index (χ1n) is 8.32. The minimum absolute atomic E-state index is 0.343. The SMILES string of the molecule is O=C(O)c1c(-c2ccc(SCc3ccccc3)cc2)cn2ccccc12. The molecule has 0 bridgehead atoms. The summed E-state index contributed by atoms with van der Waals surface area (Å²) >= 11 is 1.77. The molecule has 4 rings (SSSR count). The smallest absolute Gasteiger partial charge is 0.338 e. The second kappa shape index (κ2) is 7.10. The van der Waals surface area contributed by atoms with Crippen LogP contribution in [0.25, 0.3) is 16.6 Å². The van der Waals surface area contributed by atoms with Gasteiger partial charge in [0.1, 0.15) is 0 Å². The van der Waals surface area contributed by atoms with Crippen molar-refractivity contribution < 1.29 is 9.90 Å². The standard InChI is InChI=1S/C22H17NO2S/c24-22(25)21-19(14-23-13-5-4-8-20(21)23)17-9-11-18(12-10-17)26-15-16-6-2-1-3-7-16/h1-14H,15H2,(H,24,25). The Hall–Kier alpha value is -2.98. The molecule has 0 aliphatic rings. The molecule has 0 saturated heterocycles. The number of pyridine rings is 1. The fourth-order valence-corrected chi connectivity index (χ4v) is 3.89. The van der Waals surface area contributed by atoms with Gasteiger partial charge in [0.05, 0.1) is 11.1 Å². The van der Waals surface area contributed by atoms with Crippen molar-refractivity contribution in [3.63, 3.8) is 0 Å². The zero-order valence-electron chi connectivity index (χ0n) is 14.0. The molecule has 0 radical (unpaired) electrons. The molecule has 2 aromatic carbocycles. The van der Waals surface area contributed by atoms with Gasteiger partial charge in [-0.2, -0.15) is 0 Å². The highest BCUT2D eigenvalue weighted by molar-refractivity contribution is 7.98. The summed E-state index contributed by atoms with van der Waals surface area (Å²) in [6.45, 7) is 0. The summed E-state index contributed by atoms with van der Waals surface area (Å²) in [4.78, 5) is 12.9. The number of benzene rings is 2. The van der Waals surface area contributed by atoms with Crippen molar-refractivity contribution in [1.82, 2.24) is 4.40 Å². The summed E-state index contributed by atoms with van der Waals surface area (Å²) in [5.74, 6) is 0.00710. The van der Waals surface area contributed by atoms with Crippen molar-refractivity contribution in [3.05, 3.63) is 96.3 Å². The highest BCUT2D eigenvalue weighted by Gasteiger charge is 2.18. The van der Waals surface area contributed by atoms with Crippen LogP contribution in [0.4, 0.5) is 0 Å². The third kappa shape index (κ3) is 3.24. The topological polar surface area (TPSA) is 41.7 Å². The molecule has 2 heterocycles. The number of rotatable bonds is 5. The number of hydrogen-bond acceptors (Lipinski definition) is 2. The number of fused-ring (bicyclic) bond motifs is 1. The molecule has 1 N–H and O–H groups in total. The Balaban J connectivity index is 1.62. The van der Waals surface area contributed by atoms with Gasteiger partial charge in [0.2, 0.25) is 0 Å². The summed E-state index contributed by atoms with van der Waals surface area (Å²) < 4.78 is 1.86. The van der Waals surface area contributed by atoms with E-state index in [0.717, 1.165) is 16.9 Å². The lowest BCUT2D eigenvalue weighted by Gasteiger charge is -2.05. The van der Waals surface area contributed by atoms with E-state index in [4.69, 9.17) is 0 Å². The maximum atomic E-state index is 11.8. The Labute approximate surface area is 155 Å². The highest BCUT2D eigenvalue weighted by atomic mass is 32.2. The molecule has 4 aromatic rings. The van der Waals surface area contributed by atoms with E-state index >= 15 is 0 Å². The zero-order chi connectivity index (χ0) is 17.9. The maximum Gasteiger partial charge on any atom is 0.338 e. The number of nitrogens with zero attached hydrogens (tertiary/aromatic N) is 1. The number of carbonyl (C=O) groups is 1. The first-order chi connectivity index (χ1) is 12.7. The van der Waals surface area contributed by atoms with Crippen LogP contribution in [-0.2, 0) is 5.75 Å². The number of thioether (sulfide) groups is 1. The van der Waals surface area contributed by atoms with Gasteiger partial charge in [0.25, 0.3) is 0 Å². The molecular formula is C22H17NO2S. The van der Waals surface area contributed by atoms with E-state index in [2.05, 4.69) is 24.3 Å². The van der Waals surface area contributed by atoms with Crippen LogP contribution >= 0.6 is 11.8 Å². The molecule has 2 aromatic heterocycles. The Morgan fingerprint density at radius 2 is 1.65 bits per heavy atom. The van der Waals surface area contributed by atoms with Crippen LogP contribution in [0.3, 0.4) is 0 Å². The Bertz CT molecular complexity index is 1050. The van der Waals surface area contributed by atoms with Crippen molar-refractivity contribution >= 4 is 23.2 Å². The summed E-state index contributed by atoms with van der Waals surface area (Å²) in [6.07, 6.45) is 3.75. The van der Waals surface area contributed by atoms with Crippen LogP contribution in [0.2, 0.25) is 0 Å². The van der Waals surface area contributed by atoms with E-state index in [1.54, 1.807) is 11.8 Å². The van der Waals surface area contributed by atoms with Crippen molar-refractivity contribution in [1.29, 1.82) is 0 Å². The average Bonchev–Trinajstić information content (AvgIpc) is 3.07. The first-order valence-corrected chi connectivity index (χ1v) is 9.31. The number of carboxylic acids is 1. The molecule has 0 saturated carbocycles. The molecule has 4 heteroatoms. The van der Waals surface area contributed by atoms with Crippen LogP contribution in [-0.4, -0.2) is 15.5 Å². The molecule has 0 aliphatic heterocycles. The molecule has 128 valence electrons.